The van der Waals surface area contributed by atoms with Crippen LogP contribution in [0.2, 0.25) is 5.02 Å². The third-order valence-corrected chi connectivity index (χ3v) is 3.74. The average molecular weight is 394 g/mol. The van der Waals surface area contributed by atoms with Crippen LogP contribution in [0, 0.1) is 9.39 Å². The van der Waals surface area contributed by atoms with Gasteiger partial charge < -0.3 is 10.5 Å². The maximum atomic E-state index is 13.3. The molecule has 0 saturated carbocycles. The zero-order valence-corrected chi connectivity index (χ0v) is 12.9. The number of nitrogen functional groups attached to an aromatic ring is 1. The number of hydrogen-bond acceptors (Lipinski definition) is 4. The third-order valence-electron chi connectivity index (χ3n) is 2.35. The minimum Gasteiger partial charge on any atom is -0.383 e. The van der Waals surface area contributed by atoms with E-state index in [1.165, 1.54) is 12.1 Å². The van der Waals surface area contributed by atoms with Gasteiger partial charge in [-0.1, -0.05) is 11.6 Å². The van der Waals surface area contributed by atoms with Gasteiger partial charge in [-0.2, -0.15) is 0 Å². The Hall–Kier alpha value is -0.990. The molecule has 0 aliphatic carbocycles. The summed E-state index contributed by atoms with van der Waals surface area (Å²) in [5.41, 5.74) is 6.96. The highest BCUT2D eigenvalue weighted by Crippen LogP contribution is 2.25. The molecule has 2 rings (SSSR count). The molecule has 4 nitrogen and oxygen atoms in total. The highest BCUT2D eigenvalue weighted by atomic mass is 127. The lowest BCUT2D eigenvalue weighted by Crippen LogP contribution is -2.06. The predicted molar refractivity (Wildman–Crippen MR) is 80.3 cm³/mol. The largest absolute Gasteiger partial charge is 0.383 e. The molecule has 2 N–H and O–H groups in total. The van der Waals surface area contributed by atoms with Crippen LogP contribution in [-0.2, 0) is 11.3 Å². The third kappa shape index (κ3) is 3.31. The first-order chi connectivity index (χ1) is 9.01. The van der Waals surface area contributed by atoms with E-state index in [9.17, 15) is 4.39 Å². The molecule has 2 aromatic rings. The first-order valence-electron chi connectivity index (χ1n) is 5.28. The number of nitrogens with zero attached hydrogens (tertiary/aromatic N) is 2. The summed E-state index contributed by atoms with van der Waals surface area (Å²) in [5, 5.41) is 0.281. The number of aromatic nitrogens is 2. The molecule has 1 aromatic carbocycles. The Bertz CT molecular complexity index is 604. The first kappa shape index (κ1) is 14.4. The molecular weight excluding hydrogens is 384 g/mol. The van der Waals surface area contributed by atoms with Gasteiger partial charge in [0.2, 0.25) is 0 Å². The molecule has 0 aliphatic heterocycles. The van der Waals surface area contributed by atoms with E-state index in [0.717, 1.165) is 3.57 Å². The molecule has 0 radical (unpaired) electrons. The summed E-state index contributed by atoms with van der Waals surface area (Å²) in [7, 11) is 1.56. The molecule has 0 bridgehead atoms. The Morgan fingerprint density at radius 3 is 2.74 bits per heavy atom. The van der Waals surface area contributed by atoms with Gasteiger partial charge in [0.15, 0.2) is 5.82 Å². The fraction of sp³-hybridized carbons (Fsp3) is 0.167. The van der Waals surface area contributed by atoms with Crippen molar-refractivity contribution in [2.24, 2.45) is 0 Å². The lowest BCUT2D eigenvalue weighted by atomic mass is 10.2. The van der Waals surface area contributed by atoms with Gasteiger partial charge in [-0.15, -0.1) is 0 Å². The molecule has 1 aromatic heterocycles. The molecule has 0 atom stereocenters. The SMILES string of the molecule is COCc1nc(-c2cc(F)cc(Cl)c2)nc(N)c1I. The van der Waals surface area contributed by atoms with E-state index in [4.69, 9.17) is 22.1 Å². The number of rotatable bonds is 3. The zero-order valence-electron chi connectivity index (χ0n) is 9.95. The lowest BCUT2D eigenvalue weighted by molar-refractivity contribution is 0.181. The van der Waals surface area contributed by atoms with E-state index >= 15 is 0 Å². The van der Waals surface area contributed by atoms with Gasteiger partial charge in [-0.3, -0.25) is 0 Å². The molecule has 7 heteroatoms. The summed E-state index contributed by atoms with van der Waals surface area (Å²) >= 11 is 7.87. The molecule has 0 amide bonds. The number of nitrogens with two attached hydrogens (primary N) is 1. The Morgan fingerprint density at radius 1 is 1.37 bits per heavy atom. The molecule has 0 unspecified atom stereocenters. The number of halogens is 3. The normalized spacial score (nSPS) is 10.7. The minimum absolute atomic E-state index is 0.281. The van der Waals surface area contributed by atoms with Crippen molar-refractivity contribution in [3.05, 3.63) is 38.3 Å². The van der Waals surface area contributed by atoms with Crippen LogP contribution in [0.15, 0.2) is 18.2 Å². The van der Waals surface area contributed by atoms with Crippen LogP contribution in [0.3, 0.4) is 0 Å². The van der Waals surface area contributed by atoms with Crippen molar-refractivity contribution in [1.82, 2.24) is 9.97 Å². The van der Waals surface area contributed by atoms with Gasteiger partial charge >= 0.3 is 0 Å². The second kappa shape index (κ2) is 5.98. The summed E-state index contributed by atoms with van der Waals surface area (Å²) in [5.74, 6) is 0.209. The van der Waals surface area contributed by atoms with Crippen LogP contribution < -0.4 is 5.73 Å². The standard InChI is InChI=1S/C12H10ClFIN3O/c1-19-5-9-10(15)11(16)18-12(17-9)6-2-7(13)4-8(14)3-6/h2-4H,5H2,1H3,(H2,16,17,18). The lowest BCUT2D eigenvalue weighted by Gasteiger charge is -2.09. The predicted octanol–water partition coefficient (Wildman–Crippen LogP) is 3.27. The van der Waals surface area contributed by atoms with Crippen molar-refractivity contribution in [3.8, 4) is 11.4 Å². The van der Waals surface area contributed by atoms with Gasteiger partial charge in [0, 0.05) is 17.7 Å². The maximum Gasteiger partial charge on any atom is 0.162 e. The van der Waals surface area contributed by atoms with Crippen LogP contribution in [0.4, 0.5) is 10.2 Å². The second-order valence-electron chi connectivity index (χ2n) is 3.78. The van der Waals surface area contributed by atoms with E-state index in [1.807, 2.05) is 22.6 Å². The topological polar surface area (TPSA) is 61.0 Å². The summed E-state index contributed by atoms with van der Waals surface area (Å²) < 4.78 is 19.1. The van der Waals surface area contributed by atoms with Crippen LogP contribution in [0.1, 0.15) is 5.69 Å². The molecule has 1 heterocycles. The number of ether oxygens (including phenoxy) is 1. The molecule has 0 fully saturated rings. The number of methoxy groups -OCH3 is 1. The average Bonchev–Trinajstić information content (AvgIpc) is 2.33. The van der Waals surface area contributed by atoms with Gasteiger partial charge in [0.25, 0.3) is 0 Å². The molecule has 0 spiro atoms. The van der Waals surface area contributed by atoms with Crippen molar-refractivity contribution < 1.29 is 9.13 Å². The zero-order chi connectivity index (χ0) is 14.0. The highest BCUT2D eigenvalue weighted by molar-refractivity contribution is 14.1. The number of anilines is 1. The van der Waals surface area contributed by atoms with Crippen LogP contribution in [0.25, 0.3) is 11.4 Å². The Kier molecular flexibility index (Phi) is 4.54. The summed E-state index contributed by atoms with van der Waals surface area (Å²) in [6.45, 7) is 0.307. The molecular formula is C12H10ClFIN3O. The van der Waals surface area contributed by atoms with Crippen LogP contribution in [-0.4, -0.2) is 17.1 Å². The van der Waals surface area contributed by atoms with Crippen LogP contribution in [0.5, 0.6) is 0 Å². The minimum atomic E-state index is -0.448. The summed E-state index contributed by atoms with van der Waals surface area (Å²) in [6, 6.07) is 4.12. The molecule has 0 aliphatic rings. The number of hydrogen-bond donors (Lipinski definition) is 1. The van der Waals surface area contributed by atoms with E-state index in [-0.39, 0.29) is 5.02 Å². The first-order valence-corrected chi connectivity index (χ1v) is 6.74. The Labute approximate surface area is 128 Å². The van der Waals surface area contributed by atoms with Crippen LogP contribution >= 0.6 is 34.2 Å². The van der Waals surface area contributed by atoms with Gasteiger partial charge in [0.05, 0.1) is 15.9 Å². The smallest absolute Gasteiger partial charge is 0.162 e. The van der Waals surface area contributed by atoms with E-state index in [2.05, 4.69) is 9.97 Å². The summed E-state index contributed by atoms with van der Waals surface area (Å²) in [6.07, 6.45) is 0. The van der Waals surface area contributed by atoms with Gasteiger partial charge in [-0.25, -0.2) is 14.4 Å². The van der Waals surface area contributed by atoms with Crippen molar-refractivity contribution in [1.29, 1.82) is 0 Å². The summed E-state index contributed by atoms with van der Waals surface area (Å²) in [4.78, 5) is 8.47. The Morgan fingerprint density at radius 2 is 2.11 bits per heavy atom. The second-order valence-corrected chi connectivity index (χ2v) is 5.30. The van der Waals surface area contributed by atoms with Gasteiger partial charge in [0.1, 0.15) is 11.6 Å². The highest BCUT2D eigenvalue weighted by Gasteiger charge is 2.12. The quantitative estimate of drug-likeness (QED) is 0.813. The van der Waals surface area contributed by atoms with E-state index < -0.39 is 5.82 Å². The molecule has 19 heavy (non-hydrogen) atoms. The maximum absolute atomic E-state index is 13.3. The van der Waals surface area contributed by atoms with Gasteiger partial charge in [-0.05, 0) is 40.8 Å². The number of benzene rings is 1. The van der Waals surface area contributed by atoms with E-state index in [0.29, 0.717) is 29.5 Å². The van der Waals surface area contributed by atoms with Crippen molar-refractivity contribution in [2.75, 3.05) is 12.8 Å². The van der Waals surface area contributed by atoms with Crippen molar-refractivity contribution in [2.45, 2.75) is 6.61 Å². The van der Waals surface area contributed by atoms with E-state index in [1.54, 1.807) is 13.2 Å². The molecule has 100 valence electrons. The van der Waals surface area contributed by atoms with Crippen molar-refractivity contribution >= 4 is 40.0 Å². The molecule has 0 saturated heterocycles. The van der Waals surface area contributed by atoms with Crippen molar-refractivity contribution in [3.63, 3.8) is 0 Å². The fourth-order valence-corrected chi connectivity index (χ4v) is 2.18. The Balaban J connectivity index is 2.55. The monoisotopic (exact) mass is 393 g/mol. The fourth-order valence-electron chi connectivity index (χ4n) is 1.56.